The minimum atomic E-state index is -2.60. The average Bonchev–Trinajstić information content (AvgIpc) is 2.14. The van der Waals surface area contributed by atoms with Gasteiger partial charge in [-0.15, -0.1) is 0 Å². The number of carboxylic acid groups (broad SMARTS) is 1. The van der Waals surface area contributed by atoms with Crippen molar-refractivity contribution in [1.29, 1.82) is 0 Å². The van der Waals surface area contributed by atoms with Crippen LogP contribution in [0.5, 0.6) is 0 Å². The minimum Gasteiger partial charge on any atom is -0.481 e. The summed E-state index contributed by atoms with van der Waals surface area (Å²) in [6, 6.07) is 0. The van der Waals surface area contributed by atoms with Crippen LogP contribution in [0.4, 0.5) is 8.78 Å². The quantitative estimate of drug-likeness (QED) is 0.787. The van der Waals surface area contributed by atoms with Gasteiger partial charge in [0.25, 0.3) is 0 Å². The standard InChI is InChI=1S/C10H17F2NO2/c1-10(11,12)8-2-5-13(6-3-8)7-4-9(14)15/h8H,2-7H2,1H3,(H,14,15). The van der Waals surface area contributed by atoms with Gasteiger partial charge in [-0.1, -0.05) is 0 Å². The van der Waals surface area contributed by atoms with Crippen LogP contribution >= 0.6 is 0 Å². The number of alkyl halides is 2. The van der Waals surface area contributed by atoms with Gasteiger partial charge in [-0.3, -0.25) is 4.79 Å². The third kappa shape index (κ3) is 4.11. The number of nitrogens with zero attached hydrogens (tertiary/aromatic N) is 1. The smallest absolute Gasteiger partial charge is 0.304 e. The van der Waals surface area contributed by atoms with Gasteiger partial charge in [0.05, 0.1) is 6.42 Å². The summed E-state index contributed by atoms with van der Waals surface area (Å²) >= 11 is 0. The van der Waals surface area contributed by atoms with E-state index in [1.54, 1.807) is 0 Å². The molecule has 1 heterocycles. The minimum absolute atomic E-state index is 0.0905. The first-order chi connectivity index (χ1) is 6.89. The van der Waals surface area contributed by atoms with E-state index in [1.807, 2.05) is 4.90 Å². The molecule has 5 heteroatoms. The zero-order chi connectivity index (χ0) is 11.5. The van der Waals surface area contributed by atoms with Gasteiger partial charge in [-0.05, 0) is 32.9 Å². The van der Waals surface area contributed by atoms with Crippen molar-refractivity contribution in [2.45, 2.75) is 32.1 Å². The van der Waals surface area contributed by atoms with Crippen LogP contribution in [0.15, 0.2) is 0 Å². The maximum atomic E-state index is 12.9. The highest BCUT2D eigenvalue weighted by atomic mass is 19.3. The van der Waals surface area contributed by atoms with E-state index in [1.165, 1.54) is 0 Å². The van der Waals surface area contributed by atoms with Crippen molar-refractivity contribution < 1.29 is 18.7 Å². The number of hydrogen-bond acceptors (Lipinski definition) is 2. The molecular formula is C10H17F2NO2. The van der Waals surface area contributed by atoms with Gasteiger partial charge >= 0.3 is 5.97 Å². The summed E-state index contributed by atoms with van der Waals surface area (Å²) in [5, 5.41) is 8.48. The monoisotopic (exact) mass is 221 g/mol. The Morgan fingerprint density at radius 2 is 2.00 bits per heavy atom. The molecule has 0 atom stereocenters. The lowest BCUT2D eigenvalue weighted by molar-refractivity contribution is -0.137. The SMILES string of the molecule is CC(F)(F)C1CCN(CCC(=O)O)CC1. The molecule has 1 rings (SSSR count). The van der Waals surface area contributed by atoms with Crippen molar-refractivity contribution in [2.24, 2.45) is 5.92 Å². The van der Waals surface area contributed by atoms with Crippen LogP contribution in [0.1, 0.15) is 26.2 Å². The molecule has 0 spiro atoms. The Balaban J connectivity index is 2.27. The van der Waals surface area contributed by atoms with Gasteiger partial charge in [0.2, 0.25) is 5.92 Å². The van der Waals surface area contributed by atoms with Crippen molar-refractivity contribution in [3.05, 3.63) is 0 Å². The fourth-order valence-electron chi connectivity index (χ4n) is 1.92. The van der Waals surface area contributed by atoms with E-state index in [-0.39, 0.29) is 6.42 Å². The van der Waals surface area contributed by atoms with Crippen LogP contribution in [0, 0.1) is 5.92 Å². The summed E-state index contributed by atoms with van der Waals surface area (Å²) < 4.78 is 25.9. The normalized spacial score (nSPS) is 20.5. The molecule has 1 aliphatic rings. The Morgan fingerprint density at radius 1 is 1.47 bits per heavy atom. The van der Waals surface area contributed by atoms with Gasteiger partial charge in [0, 0.05) is 12.5 Å². The summed E-state index contributed by atoms with van der Waals surface area (Å²) in [6.45, 7) is 2.60. The molecule has 0 aromatic carbocycles. The maximum Gasteiger partial charge on any atom is 0.304 e. The van der Waals surface area contributed by atoms with Crippen LogP contribution < -0.4 is 0 Å². The molecule has 0 aliphatic carbocycles. The third-order valence-electron chi connectivity index (χ3n) is 2.95. The van der Waals surface area contributed by atoms with E-state index in [2.05, 4.69) is 0 Å². The highest BCUT2D eigenvalue weighted by molar-refractivity contribution is 5.66. The van der Waals surface area contributed by atoms with Gasteiger partial charge in [0.1, 0.15) is 0 Å². The molecule has 0 aromatic heterocycles. The van der Waals surface area contributed by atoms with Crippen molar-refractivity contribution in [3.8, 4) is 0 Å². The summed E-state index contributed by atoms with van der Waals surface area (Å²) in [4.78, 5) is 12.3. The molecule has 1 N–H and O–H groups in total. The predicted octanol–water partition coefficient (Wildman–Crippen LogP) is 1.83. The molecule has 3 nitrogen and oxygen atoms in total. The number of rotatable bonds is 4. The largest absolute Gasteiger partial charge is 0.481 e. The molecule has 15 heavy (non-hydrogen) atoms. The second kappa shape index (κ2) is 4.88. The zero-order valence-electron chi connectivity index (χ0n) is 8.88. The Kier molecular flexibility index (Phi) is 4.02. The Bertz CT molecular complexity index is 220. The van der Waals surface area contributed by atoms with Crippen LogP contribution in [0.2, 0.25) is 0 Å². The summed E-state index contributed by atoms with van der Waals surface area (Å²) in [7, 11) is 0. The third-order valence-corrected chi connectivity index (χ3v) is 2.95. The Hall–Kier alpha value is -0.710. The Labute approximate surface area is 88.1 Å². The number of carbonyl (C=O) groups is 1. The molecule has 0 unspecified atom stereocenters. The van der Waals surface area contributed by atoms with E-state index in [0.29, 0.717) is 32.5 Å². The lowest BCUT2D eigenvalue weighted by Gasteiger charge is -2.34. The summed E-state index contributed by atoms with van der Waals surface area (Å²) in [5.41, 5.74) is 0. The molecule has 0 amide bonds. The maximum absolute atomic E-state index is 12.9. The first-order valence-electron chi connectivity index (χ1n) is 5.21. The number of aliphatic carboxylic acids is 1. The molecule has 0 saturated carbocycles. The van der Waals surface area contributed by atoms with E-state index >= 15 is 0 Å². The van der Waals surface area contributed by atoms with E-state index in [0.717, 1.165) is 6.92 Å². The van der Waals surface area contributed by atoms with Crippen LogP contribution in [-0.4, -0.2) is 41.5 Å². The van der Waals surface area contributed by atoms with Crippen LogP contribution in [-0.2, 0) is 4.79 Å². The molecule has 0 aromatic rings. The van der Waals surface area contributed by atoms with Gasteiger partial charge in [-0.2, -0.15) is 0 Å². The molecule has 1 saturated heterocycles. The molecule has 1 aliphatic heterocycles. The number of carboxylic acids is 1. The molecule has 0 radical (unpaired) electrons. The molecule has 0 bridgehead atoms. The van der Waals surface area contributed by atoms with Crippen LogP contribution in [0.25, 0.3) is 0 Å². The van der Waals surface area contributed by atoms with Gasteiger partial charge < -0.3 is 10.0 Å². The topological polar surface area (TPSA) is 40.5 Å². The van der Waals surface area contributed by atoms with Gasteiger partial charge in [0.15, 0.2) is 0 Å². The second-order valence-corrected chi connectivity index (χ2v) is 4.22. The highest BCUT2D eigenvalue weighted by Gasteiger charge is 2.36. The first kappa shape index (κ1) is 12.4. The number of halogens is 2. The second-order valence-electron chi connectivity index (χ2n) is 4.22. The zero-order valence-corrected chi connectivity index (χ0v) is 8.88. The summed E-state index contributed by atoms with van der Waals surface area (Å²) in [5.74, 6) is -3.98. The van der Waals surface area contributed by atoms with Crippen molar-refractivity contribution in [3.63, 3.8) is 0 Å². The van der Waals surface area contributed by atoms with Crippen LogP contribution in [0.3, 0.4) is 0 Å². The van der Waals surface area contributed by atoms with Gasteiger partial charge in [-0.25, -0.2) is 8.78 Å². The van der Waals surface area contributed by atoms with Crippen molar-refractivity contribution in [1.82, 2.24) is 4.90 Å². The Morgan fingerprint density at radius 3 is 2.40 bits per heavy atom. The predicted molar refractivity (Wildman–Crippen MR) is 52.0 cm³/mol. The van der Waals surface area contributed by atoms with E-state index < -0.39 is 17.8 Å². The molecular weight excluding hydrogens is 204 g/mol. The average molecular weight is 221 g/mol. The fourth-order valence-corrected chi connectivity index (χ4v) is 1.92. The first-order valence-corrected chi connectivity index (χ1v) is 5.21. The van der Waals surface area contributed by atoms with E-state index in [9.17, 15) is 13.6 Å². The number of likely N-dealkylation sites (tertiary alicyclic amines) is 1. The van der Waals surface area contributed by atoms with E-state index in [4.69, 9.17) is 5.11 Å². The summed E-state index contributed by atoms with van der Waals surface area (Å²) in [6.07, 6.45) is 1.01. The molecule has 1 fully saturated rings. The fraction of sp³-hybridized carbons (Fsp3) is 0.900. The highest BCUT2D eigenvalue weighted by Crippen LogP contribution is 2.32. The van der Waals surface area contributed by atoms with Crippen molar-refractivity contribution in [2.75, 3.05) is 19.6 Å². The lowest BCUT2D eigenvalue weighted by Crippen LogP contribution is -2.40. The number of hydrogen-bond donors (Lipinski definition) is 1. The van der Waals surface area contributed by atoms with Crippen molar-refractivity contribution >= 4 is 5.97 Å². The number of piperidine rings is 1. The lowest BCUT2D eigenvalue weighted by atomic mass is 9.91. The molecule has 88 valence electrons.